The lowest BCUT2D eigenvalue weighted by Gasteiger charge is -2.07. The van der Waals surface area contributed by atoms with Crippen molar-refractivity contribution in [2.24, 2.45) is 5.92 Å². The molecule has 3 atom stereocenters. The van der Waals surface area contributed by atoms with Crippen LogP contribution < -0.4 is 0 Å². The average molecular weight is 219 g/mol. The number of benzene rings is 1. The van der Waals surface area contributed by atoms with E-state index in [9.17, 15) is 0 Å². The molecule has 0 saturated carbocycles. The van der Waals surface area contributed by atoms with Crippen molar-refractivity contribution >= 4 is 0 Å². The van der Waals surface area contributed by atoms with Gasteiger partial charge in [0, 0.05) is 25.7 Å². The van der Waals surface area contributed by atoms with Crippen LogP contribution in [0.1, 0.15) is 18.9 Å². The van der Waals surface area contributed by atoms with Gasteiger partial charge in [-0.2, -0.15) is 0 Å². The molecule has 1 aliphatic heterocycles. The predicted molar refractivity (Wildman–Crippen MR) is 66.4 cm³/mol. The molecular weight excluding hydrogens is 198 g/mol. The third-order valence-electron chi connectivity index (χ3n) is 3.34. The Labute approximate surface area is 97.9 Å². The van der Waals surface area contributed by atoms with Gasteiger partial charge in [-0.1, -0.05) is 37.3 Å². The molecule has 1 saturated heterocycles. The molecule has 0 spiro atoms. The summed E-state index contributed by atoms with van der Waals surface area (Å²) in [7, 11) is 0. The second-order valence-electron chi connectivity index (χ2n) is 4.91. The first-order chi connectivity index (χ1) is 7.79. The topological polar surface area (TPSA) is 23.2 Å². The zero-order valence-electron chi connectivity index (χ0n) is 9.97. The predicted octanol–water partition coefficient (Wildman–Crippen LogP) is 1.93. The second-order valence-corrected chi connectivity index (χ2v) is 4.91. The van der Waals surface area contributed by atoms with E-state index in [0.717, 1.165) is 25.4 Å². The van der Waals surface area contributed by atoms with Gasteiger partial charge in [0.05, 0.1) is 0 Å². The normalized spacial score (nSPS) is 25.4. The summed E-state index contributed by atoms with van der Waals surface area (Å²) >= 11 is 0. The molecular formula is C14H21NO. The number of aliphatic hydroxyl groups is 1. The molecule has 0 amide bonds. The highest BCUT2D eigenvalue weighted by Crippen LogP contribution is 2.24. The highest BCUT2D eigenvalue weighted by Gasteiger charge is 2.33. The molecule has 16 heavy (non-hydrogen) atoms. The highest BCUT2D eigenvalue weighted by atomic mass is 16.3. The molecule has 1 fully saturated rings. The number of hydrogen-bond donors (Lipinski definition) is 1. The fourth-order valence-corrected chi connectivity index (χ4v) is 2.18. The maximum absolute atomic E-state index is 8.99. The van der Waals surface area contributed by atoms with Crippen molar-refractivity contribution in [3.63, 3.8) is 0 Å². The quantitative estimate of drug-likeness (QED) is 0.739. The smallest absolute Gasteiger partial charge is 0.0457 e. The van der Waals surface area contributed by atoms with Crippen molar-refractivity contribution in [3.8, 4) is 0 Å². The van der Waals surface area contributed by atoms with Crippen LogP contribution in [0.5, 0.6) is 0 Å². The number of aliphatic hydroxyl groups excluding tert-OH is 1. The largest absolute Gasteiger partial charge is 0.396 e. The summed E-state index contributed by atoms with van der Waals surface area (Å²) in [4.78, 5) is 2.50. The summed E-state index contributed by atoms with van der Waals surface area (Å²) in [6.45, 7) is 4.82. The highest BCUT2D eigenvalue weighted by molar-refractivity contribution is 5.15. The monoisotopic (exact) mass is 219 g/mol. The van der Waals surface area contributed by atoms with Gasteiger partial charge in [-0.05, 0) is 24.3 Å². The zero-order valence-corrected chi connectivity index (χ0v) is 9.97. The third kappa shape index (κ3) is 3.32. The van der Waals surface area contributed by atoms with E-state index in [-0.39, 0.29) is 0 Å². The first-order valence-electron chi connectivity index (χ1n) is 6.18. The lowest BCUT2D eigenvalue weighted by atomic mass is 10.1. The number of rotatable bonds is 6. The van der Waals surface area contributed by atoms with Gasteiger partial charge in [-0.3, -0.25) is 4.90 Å². The van der Waals surface area contributed by atoms with Gasteiger partial charge >= 0.3 is 0 Å². The van der Waals surface area contributed by atoms with Gasteiger partial charge in [0.25, 0.3) is 0 Å². The van der Waals surface area contributed by atoms with E-state index in [1.54, 1.807) is 0 Å². The SMILES string of the molecule is CC(CO)CC1CN1CCc1ccccc1. The van der Waals surface area contributed by atoms with Gasteiger partial charge in [-0.25, -0.2) is 0 Å². The summed E-state index contributed by atoms with van der Waals surface area (Å²) in [5.41, 5.74) is 1.42. The minimum Gasteiger partial charge on any atom is -0.396 e. The van der Waals surface area contributed by atoms with E-state index < -0.39 is 0 Å². The van der Waals surface area contributed by atoms with Crippen LogP contribution in [0.2, 0.25) is 0 Å². The van der Waals surface area contributed by atoms with Gasteiger partial charge in [0.2, 0.25) is 0 Å². The van der Waals surface area contributed by atoms with Gasteiger partial charge in [0.15, 0.2) is 0 Å². The minimum atomic E-state index is 0.322. The lowest BCUT2D eigenvalue weighted by molar-refractivity contribution is 0.225. The van der Waals surface area contributed by atoms with Crippen LogP contribution in [0.4, 0.5) is 0 Å². The van der Waals surface area contributed by atoms with E-state index in [0.29, 0.717) is 12.5 Å². The summed E-state index contributed by atoms with van der Waals surface area (Å²) in [6.07, 6.45) is 2.29. The molecule has 1 heterocycles. The summed E-state index contributed by atoms with van der Waals surface area (Å²) < 4.78 is 0. The number of hydrogen-bond acceptors (Lipinski definition) is 2. The molecule has 0 aromatic heterocycles. The molecule has 1 N–H and O–H groups in total. The van der Waals surface area contributed by atoms with Crippen LogP contribution in [-0.4, -0.2) is 35.7 Å². The molecule has 2 nitrogen and oxygen atoms in total. The average Bonchev–Trinajstić information content (AvgIpc) is 3.06. The van der Waals surface area contributed by atoms with E-state index in [2.05, 4.69) is 42.2 Å². The molecule has 1 aliphatic rings. The molecule has 3 unspecified atom stereocenters. The Morgan fingerprint density at radius 3 is 2.81 bits per heavy atom. The van der Waals surface area contributed by atoms with E-state index in [1.807, 2.05) is 0 Å². The Hall–Kier alpha value is -0.860. The minimum absolute atomic E-state index is 0.322. The first kappa shape index (κ1) is 11.6. The maximum Gasteiger partial charge on any atom is 0.0457 e. The van der Waals surface area contributed by atoms with Gasteiger partial charge in [0.1, 0.15) is 0 Å². The van der Waals surface area contributed by atoms with Crippen LogP contribution in [0.3, 0.4) is 0 Å². The van der Waals surface area contributed by atoms with Crippen molar-refractivity contribution in [3.05, 3.63) is 35.9 Å². The van der Waals surface area contributed by atoms with Crippen molar-refractivity contribution in [1.29, 1.82) is 0 Å². The van der Waals surface area contributed by atoms with Crippen molar-refractivity contribution < 1.29 is 5.11 Å². The molecule has 1 aromatic rings. The molecule has 0 aliphatic carbocycles. The fourth-order valence-electron chi connectivity index (χ4n) is 2.18. The Balaban J connectivity index is 1.66. The maximum atomic E-state index is 8.99. The van der Waals surface area contributed by atoms with Crippen LogP contribution in [-0.2, 0) is 6.42 Å². The van der Waals surface area contributed by atoms with Gasteiger partial charge < -0.3 is 5.11 Å². The molecule has 0 bridgehead atoms. The third-order valence-corrected chi connectivity index (χ3v) is 3.34. The van der Waals surface area contributed by atoms with E-state index in [4.69, 9.17) is 5.11 Å². The van der Waals surface area contributed by atoms with Crippen LogP contribution in [0.25, 0.3) is 0 Å². The molecule has 2 heteroatoms. The lowest BCUT2D eigenvalue weighted by Crippen LogP contribution is -2.11. The van der Waals surface area contributed by atoms with Crippen molar-refractivity contribution in [1.82, 2.24) is 4.90 Å². The summed E-state index contributed by atoms with van der Waals surface area (Å²) in [6, 6.07) is 11.4. The second kappa shape index (κ2) is 5.46. The van der Waals surface area contributed by atoms with E-state index in [1.165, 1.54) is 12.1 Å². The molecule has 0 radical (unpaired) electrons. The van der Waals surface area contributed by atoms with Crippen molar-refractivity contribution in [2.45, 2.75) is 25.8 Å². The Kier molecular flexibility index (Phi) is 3.97. The van der Waals surface area contributed by atoms with Gasteiger partial charge in [-0.15, -0.1) is 0 Å². The fraction of sp³-hybridized carbons (Fsp3) is 0.571. The summed E-state index contributed by atoms with van der Waals surface area (Å²) in [5, 5.41) is 8.99. The Morgan fingerprint density at radius 2 is 2.12 bits per heavy atom. The first-order valence-corrected chi connectivity index (χ1v) is 6.18. The molecule has 88 valence electrons. The molecule has 2 rings (SSSR count). The molecule has 1 aromatic carbocycles. The zero-order chi connectivity index (χ0) is 11.4. The van der Waals surface area contributed by atoms with Crippen LogP contribution in [0.15, 0.2) is 30.3 Å². The van der Waals surface area contributed by atoms with Crippen LogP contribution >= 0.6 is 0 Å². The summed E-state index contributed by atoms with van der Waals surface area (Å²) in [5.74, 6) is 0.451. The van der Waals surface area contributed by atoms with Crippen LogP contribution in [0, 0.1) is 5.92 Å². The number of nitrogens with zero attached hydrogens (tertiary/aromatic N) is 1. The Bertz CT molecular complexity index is 312. The van der Waals surface area contributed by atoms with Crippen molar-refractivity contribution in [2.75, 3.05) is 19.7 Å². The van der Waals surface area contributed by atoms with E-state index >= 15 is 0 Å². The standard InChI is InChI=1S/C14H21NO/c1-12(11-16)9-14-10-15(14)8-7-13-5-3-2-4-6-13/h2-6,12,14,16H,7-11H2,1H3. The Morgan fingerprint density at radius 1 is 1.38 bits per heavy atom.